The first-order chi connectivity index (χ1) is 35.6. The number of nitrogens with one attached hydrogen (secondary N) is 1. The van der Waals surface area contributed by atoms with Gasteiger partial charge in [-0.2, -0.15) is 36.5 Å². The number of rotatable bonds is 9. The number of hydrogen-bond donors (Lipinski definition) is 3. The molecule has 6 heterocycles. The van der Waals surface area contributed by atoms with Crippen molar-refractivity contribution in [2.24, 2.45) is 11.8 Å². The number of aromatic nitrogens is 8. The molecule has 3 N–H and O–H groups in total. The average molecular weight is 1120 g/mol. The first kappa shape index (κ1) is 56.5. The Morgan fingerprint density at radius 1 is 0.733 bits per heavy atom. The van der Waals surface area contributed by atoms with Crippen LogP contribution in [0.3, 0.4) is 0 Å². The molecule has 2 aliphatic heterocycles. The summed E-state index contributed by atoms with van der Waals surface area (Å²) in [6.45, 7) is 9.91. The minimum absolute atomic E-state index is 0.00575. The van der Waals surface area contributed by atoms with E-state index in [9.17, 15) is 36.2 Å². The van der Waals surface area contributed by atoms with E-state index in [1.54, 1.807) is 50.3 Å². The molecule has 402 valence electrons. The number of aliphatic hydroxyl groups is 2. The summed E-state index contributed by atoms with van der Waals surface area (Å²) in [5, 5.41) is 30.6. The van der Waals surface area contributed by atoms with Crippen molar-refractivity contribution in [3.8, 4) is 0 Å². The van der Waals surface area contributed by atoms with Crippen LogP contribution in [0.5, 0.6) is 0 Å². The molecular weight excluding hydrogens is 1070 g/mol. The largest absolute Gasteiger partial charge is 0.437 e. The Kier molecular flexibility index (Phi) is 17.7. The van der Waals surface area contributed by atoms with Gasteiger partial charge in [-0.25, -0.2) is 29.3 Å². The van der Waals surface area contributed by atoms with Crippen LogP contribution in [-0.4, -0.2) is 105 Å². The number of nitrogens with zero attached hydrogens (tertiary/aromatic N) is 9. The number of fused-ring (bicyclic) bond motifs is 2. The molecule has 75 heavy (non-hydrogen) atoms. The molecule has 13 nitrogen and oxygen atoms in total. The van der Waals surface area contributed by atoms with E-state index in [4.69, 9.17) is 51.5 Å². The van der Waals surface area contributed by atoms with Crippen molar-refractivity contribution in [3.05, 3.63) is 115 Å². The molecule has 7 atom stereocenters. The minimum atomic E-state index is -4.70. The van der Waals surface area contributed by atoms with Gasteiger partial charge in [0.25, 0.3) is 0 Å². The predicted octanol–water partition coefficient (Wildman–Crippen LogP) is 12.3. The molecule has 10 rings (SSSR count). The molecule has 0 bridgehead atoms. The van der Waals surface area contributed by atoms with Gasteiger partial charge in [-0.15, -0.1) is 0 Å². The third-order valence-electron chi connectivity index (χ3n) is 14.4. The van der Waals surface area contributed by atoms with E-state index in [2.05, 4.69) is 53.3 Å². The van der Waals surface area contributed by atoms with Crippen molar-refractivity contribution >= 4 is 85.7 Å². The number of benzene rings is 2. The number of carbonyl (C=O) groups is 1. The minimum Gasteiger partial charge on any atom is -0.395 e. The van der Waals surface area contributed by atoms with E-state index < -0.39 is 35.8 Å². The summed E-state index contributed by atoms with van der Waals surface area (Å²) in [7, 11) is 0. The Morgan fingerprint density at radius 3 is 1.69 bits per heavy atom. The normalized spacial score (nSPS) is 22.3. The van der Waals surface area contributed by atoms with E-state index in [0.717, 1.165) is 56.3 Å². The summed E-state index contributed by atoms with van der Waals surface area (Å²) < 4.78 is 85.0. The number of aliphatic hydroxyl groups excluding tert-OH is 2. The summed E-state index contributed by atoms with van der Waals surface area (Å²) in [6, 6.07) is 9.25. The number of Topliss-reactive ketones (excluding diaryl/α,β-unsaturated/α-hetero) is 1. The zero-order valence-corrected chi connectivity index (χ0v) is 44.4. The molecule has 2 aromatic carbocycles. The quantitative estimate of drug-likeness (QED) is 0.118. The molecule has 2 saturated heterocycles. The lowest BCUT2D eigenvalue weighted by Crippen LogP contribution is -2.45. The molecule has 2 fully saturated rings. The third-order valence-corrected chi connectivity index (χ3v) is 15.6. The van der Waals surface area contributed by atoms with Gasteiger partial charge in [0.2, 0.25) is 0 Å². The highest BCUT2D eigenvalue weighted by Gasteiger charge is 2.41. The van der Waals surface area contributed by atoms with Gasteiger partial charge in [0, 0.05) is 50.6 Å². The number of likely N-dealkylation sites (tertiary alicyclic amines) is 1. The fraction of sp³-hybridized carbons (Fsp3) is 0.481. The maximum Gasteiger partial charge on any atom is 0.437 e. The highest BCUT2D eigenvalue weighted by atomic mass is 35.5. The van der Waals surface area contributed by atoms with Gasteiger partial charge in [-0.05, 0) is 124 Å². The second kappa shape index (κ2) is 23.5. The predicted molar refractivity (Wildman–Crippen MR) is 278 cm³/mol. The van der Waals surface area contributed by atoms with Crippen LogP contribution >= 0.6 is 46.4 Å². The number of hydrogen-bond acceptors (Lipinski definition) is 11. The standard InChI is InChI=1S/C26H28Cl2F3N5O.C21H17Cl2F3N4O.C5H11NO/c1-14-10-16(5-8-22(14)35-9-3-4-18(35)13-37)21-12-32-23-24(26(29,30)31)34-36(25(23)33-21)15(2)19-7-6-17(27)11-20(19)28;1-10-7-12(3-6-17(10)31)16-9-27-18-19(21(24,25)26)29-30(20(18)28-16)11(2)14-5-4-13(22)8-15(14)23;7-4-5-2-1-3-6-5/h5-7,11-12,14-15,18,22,37H,3-4,8-10,13H2,1-2H3;3-5,8-11H,6-7H2,1-2H3;5-7H,1-4H2/t14?,15-,18+,22?;10?,11-;5-/m110/s1. The number of alkyl halides is 6. The van der Waals surface area contributed by atoms with E-state index in [0.29, 0.717) is 73.6 Å². The fourth-order valence-electron chi connectivity index (χ4n) is 10.3. The summed E-state index contributed by atoms with van der Waals surface area (Å²) in [5.74, 6) is 0.236. The van der Waals surface area contributed by atoms with Crippen molar-refractivity contribution in [3.63, 3.8) is 0 Å². The van der Waals surface area contributed by atoms with Gasteiger partial charge in [0.15, 0.2) is 22.7 Å². The maximum atomic E-state index is 13.9. The van der Waals surface area contributed by atoms with Gasteiger partial charge in [-0.3, -0.25) is 9.69 Å². The van der Waals surface area contributed by atoms with Gasteiger partial charge in [-0.1, -0.05) is 84.5 Å². The zero-order chi connectivity index (χ0) is 54.1. The van der Waals surface area contributed by atoms with Gasteiger partial charge in [0.05, 0.1) is 49.1 Å². The zero-order valence-electron chi connectivity index (χ0n) is 41.4. The second-order valence-corrected chi connectivity index (χ2v) is 21.2. The van der Waals surface area contributed by atoms with Gasteiger partial charge >= 0.3 is 12.4 Å². The molecule has 23 heteroatoms. The Hall–Kier alpha value is -4.73. The van der Waals surface area contributed by atoms with Crippen molar-refractivity contribution < 1.29 is 41.4 Å². The first-order valence-corrected chi connectivity index (χ1v) is 26.3. The fourth-order valence-corrected chi connectivity index (χ4v) is 11.4. The summed E-state index contributed by atoms with van der Waals surface area (Å²) in [6.07, 6.45) is 3.87. The molecule has 2 aliphatic carbocycles. The molecule has 0 amide bonds. The van der Waals surface area contributed by atoms with Crippen molar-refractivity contribution in [1.82, 2.24) is 49.7 Å². The smallest absolute Gasteiger partial charge is 0.395 e. The Labute approximate surface area is 449 Å². The molecule has 6 aromatic rings. The molecule has 0 spiro atoms. The van der Waals surface area contributed by atoms with E-state index in [1.807, 2.05) is 6.92 Å². The van der Waals surface area contributed by atoms with Crippen molar-refractivity contribution in [2.45, 2.75) is 122 Å². The van der Waals surface area contributed by atoms with Crippen LogP contribution in [-0.2, 0) is 17.1 Å². The van der Waals surface area contributed by atoms with Crippen molar-refractivity contribution in [2.75, 3.05) is 26.3 Å². The van der Waals surface area contributed by atoms with Crippen LogP contribution in [0.1, 0.15) is 125 Å². The summed E-state index contributed by atoms with van der Waals surface area (Å²) >= 11 is 24.6. The van der Waals surface area contributed by atoms with Crippen LogP contribution in [0.15, 0.2) is 60.9 Å². The van der Waals surface area contributed by atoms with Crippen molar-refractivity contribution in [1.29, 1.82) is 0 Å². The topological polar surface area (TPSA) is 160 Å². The third kappa shape index (κ3) is 12.5. The molecular formula is C52H56Cl4F6N10O3. The molecule has 4 aromatic heterocycles. The lowest BCUT2D eigenvalue weighted by atomic mass is 9.83. The van der Waals surface area contributed by atoms with Crippen LogP contribution in [0.4, 0.5) is 26.3 Å². The Bertz CT molecular complexity index is 3100. The van der Waals surface area contributed by atoms with Gasteiger partial charge < -0.3 is 15.5 Å². The van der Waals surface area contributed by atoms with Crippen LogP contribution in [0, 0.1) is 11.8 Å². The lowest BCUT2D eigenvalue weighted by Gasteiger charge is -2.38. The van der Waals surface area contributed by atoms with Crippen LogP contribution in [0.2, 0.25) is 20.1 Å². The lowest BCUT2D eigenvalue weighted by molar-refractivity contribution is -0.141. The van der Waals surface area contributed by atoms with Gasteiger partial charge in [0.1, 0.15) is 16.8 Å². The van der Waals surface area contributed by atoms with Crippen LogP contribution in [0.25, 0.3) is 33.5 Å². The highest BCUT2D eigenvalue weighted by Crippen LogP contribution is 2.41. The monoisotopic (exact) mass is 1120 g/mol. The Balaban J connectivity index is 0.000000178. The molecule has 3 unspecified atom stereocenters. The summed E-state index contributed by atoms with van der Waals surface area (Å²) in [5.41, 5.74) is 1.06. The average Bonchev–Trinajstić information content (AvgIpc) is 4.21. The summed E-state index contributed by atoms with van der Waals surface area (Å²) in [4.78, 5) is 31.6. The molecule has 4 aliphatic rings. The van der Waals surface area contributed by atoms with Crippen LogP contribution < -0.4 is 5.32 Å². The SMILES string of the molecule is CC1CC(c2cnc3c(C(F)(F)F)nn([C@H](C)c4ccc(Cl)cc4Cl)c3n2)=CCC1=O.CC1CC(c2cnc3c(C(F)(F)F)nn([C@H](C)c4ccc(Cl)cc4Cl)c3n2)=CCC1N1CCC[C@H]1CO.OC[C@@H]1CCCN1. The Morgan fingerprint density at radius 2 is 1.27 bits per heavy atom. The van der Waals surface area contributed by atoms with E-state index >= 15 is 0 Å². The number of halogens is 10. The molecule has 0 saturated carbocycles. The van der Waals surface area contributed by atoms with E-state index in [-0.39, 0.29) is 53.1 Å². The second-order valence-electron chi connectivity index (χ2n) is 19.5. The number of allylic oxidation sites excluding steroid dienone is 3. The first-order valence-electron chi connectivity index (χ1n) is 24.7. The number of ketones is 1. The highest BCUT2D eigenvalue weighted by molar-refractivity contribution is 6.35. The number of carbonyl (C=O) groups excluding carboxylic acids is 1. The van der Waals surface area contributed by atoms with E-state index in [1.165, 1.54) is 34.2 Å². The molecule has 0 radical (unpaired) electrons. The maximum absolute atomic E-state index is 13.9.